The Balaban J connectivity index is 2.69. The summed E-state index contributed by atoms with van der Waals surface area (Å²) in [5.41, 5.74) is 5.99. The zero-order valence-electron chi connectivity index (χ0n) is 9.98. The Bertz CT molecular complexity index is 434. The van der Waals surface area contributed by atoms with E-state index in [9.17, 15) is 18.0 Å². The molecule has 0 saturated carbocycles. The molecule has 7 heteroatoms. The lowest BCUT2D eigenvalue weighted by Crippen LogP contribution is -2.25. The summed E-state index contributed by atoms with van der Waals surface area (Å²) >= 11 is 0. The van der Waals surface area contributed by atoms with Crippen LogP contribution in [-0.2, 0) is 11.2 Å². The van der Waals surface area contributed by atoms with Gasteiger partial charge in [-0.3, -0.25) is 4.79 Å². The van der Waals surface area contributed by atoms with Crippen LogP contribution in [0.25, 0.3) is 0 Å². The largest absolute Gasteiger partial charge is 0.573 e. The van der Waals surface area contributed by atoms with Crippen molar-refractivity contribution in [3.8, 4) is 5.75 Å². The van der Waals surface area contributed by atoms with Crippen molar-refractivity contribution in [3.63, 3.8) is 0 Å². The van der Waals surface area contributed by atoms with Gasteiger partial charge >= 0.3 is 12.3 Å². The fourth-order valence-electron chi connectivity index (χ4n) is 1.59. The molecule has 0 aromatic heterocycles. The quantitative estimate of drug-likeness (QED) is 0.837. The Hall–Kier alpha value is -1.76. The summed E-state index contributed by atoms with van der Waals surface area (Å²) in [6.45, 7) is 0. The molecule has 3 N–H and O–H groups in total. The van der Waals surface area contributed by atoms with E-state index in [1.165, 1.54) is 18.2 Å². The number of hydrogen-bond acceptors (Lipinski definition) is 3. The molecule has 0 aliphatic heterocycles. The second-order valence-electron chi connectivity index (χ2n) is 4.05. The lowest BCUT2D eigenvalue weighted by atomic mass is 10.0. The molecule has 1 aromatic carbocycles. The van der Waals surface area contributed by atoms with E-state index in [2.05, 4.69) is 4.74 Å². The van der Waals surface area contributed by atoms with Crippen LogP contribution < -0.4 is 10.5 Å². The van der Waals surface area contributed by atoms with Crippen LogP contribution in [0.3, 0.4) is 0 Å². The first-order chi connectivity index (χ1) is 8.78. The molecule has 19 heavy (non-hydrogen) atoms. The number of carboxylic acids is 1. The van der Waals surface area contributed by atoms with E-state index >= 15 is 0 Å². The second kappa shape index (κ2) is 6.42. The van der Waals surface area contributed by atoms with Gasteiger partial charge < -0.3 is 15.6 Å². The monoisotopic (exact) mass is 277 g/mol. The molecule has 1 unspecified atom stereocenters. The SMILES string of the molecule is NC(CCC(=O)O)Cc1ccccc1OC(F)(F)F. The van der Waals surface area contributed by atoms with Gasteiger partial charge in [-0.15, -0.1) is 13.2 Å². The Morgan fingerprint density at radius 3 is 2.58 bits per heavy atom. The molecule has 0 spiro atoms. The third kappa shape index (κ3) is 6.10. The summed E-state index contributed by atoms with van der Waals surface area (Å²) in [4.78, 5) is 10.4. The van der Waals surface area contributed by atoms with Crippen LogP contribution in [0.15, 0.2) is 24.3 Å². The highest BCUT2D eigenvalue weighted by atomic mass is 19.4. The van der Waals surface area contributed by atoms with Crippen LogP contribution in [0.2, 0.25) is 0 Å². The Kier molecular flexibility index (Phi) is 5.17. The number of para-hydroxylation sites is 1. The molecule has 1 rings (SSSR count). The van der Waals surface area contributed by atoms with Gasteiger partial charge in [-0.2, -0.15) is 0 Å². The van der Waals surface area contributed by atoms with Gasteiger partial charge in [0.05, 0.1) is 0 Å². The number of aliphatic carboxylic acids is 1. The smallest absolute Gasteiger partial charge is 0.481 e. The molecule has 106 valence electrons. The molecular weight excluding hydrogens is 263 g/mol. The maximum atomic E-state index is 12.2. The van der Waals surface area contributed by atoms with Gasteiger partial charge in [0.15, 0.2) is 0 Å². The van der Waals surface area contributed by atoms with Gasteiger partial charge in [0, 0.05) is 12.5 Å². The highest BCUT2D eigenvalue weighted by molar-refractivity contribution is 5.66. The fourth-order valence-corrected chi connectivity index (χ4v) is 1.59. The van der Waals surface area contributed by atoms with Crippen molar-refractivity contribution in [1.29, 1.82) is 0 Å². The molecule has 1 aromatic rings. The van der Waals surface area contributed by atoms with Crippen molar-refractivity contribution < 1.29 is 27.8 Å². The molecule has 0 heterocycles. The summed E-state index contributed by atoms with van der Waals surface area (Å²) in [6.07, 6.45) is -4.57. The lowest BCUT2D eigenvalue weighted by molar-refractivity contribution is -0.274. The number of carboxylic acid groups (broad SMARTS) is 1. The van der Waals surface area contributed by atoms with Gasteiger partial charge in [-0.1, -0.05) is 18.2 Å². The predicted octanol–water partition coefficient (Wildman–Crippen LogP) is 2.32. The lowest BCUT2D eigenvalue weighted by Gasteiger charge is -2.15. The van der Waals surface area contributed by atoms with E-state index in [0.717, 1.165) is 0 Å². The average Bonchev–Trinajstić information content (AvgIpc) is 2.27. The van der Waals surface area contributed by atoms with Gasteiger partial charge in [0.1, 0.15) is 5.75 Å². The van der Waals surface area contributed by atoms with Crippen LogP contribution in [-0.4, -0.2) is 23.5 Å². The van der Waals surface area contributed by atoms with Gasteiger partial charge in [-0.25, -0.2) is 0 Å². The van der Waals surface area contributed by atoms with Crippen molar-refractivity contribution in [3.05, 3.63) is 29.8 Å². The Morgan fingerprint density at radius 1 is 1.37 bits per heavy atom. The molecular formula is C12H14F3NO3. The van der Waals surface area contributed by atoms with E-state index in [1.54, 1.807) is 6.07 Å². The first kappa shape index (κ1) is 15.3. The third-order valence-corrected chi connectivity index (χ3v) is 2.41. The first-order valence-corrected chi connectivity index (χ1v) is 5.59. The number of benzene rings is 1. The van der Waals surface area contributed by atoms with Crippen molar-refractivity contribution in [2.45, 2.75) is 31.7 Å². The van der Waals surface area contributed by atoms with Crippen molar-refractivity contribution in [2.75, 3.05) is 0 Å². The predicted molar refractivity (Wildman–Crippen MR) is 61.7 cm³/mol. The average molecular weight is 277 g/mol. The van der Waals surface area contributed by atoms with Crippen LogP contribution in [0.4, 0.5) is 13.2 Å². The topological polar surface area (TPSA) is 72.6 Å². The van der Waals surface area contributed by atoms with E-state index < -0.39 is 18.4 Å². The first-order valence-electron chi connectivity index (χ1n) is 5.59. The molecule has 0 amide bonds. The zero-order valence-corrected chi connectivity index (χ0v) is 9.98. The fraction of sp³-hybridized carbons (Fsp3) is 0.417. The number of rotatable bonds is 6. The number of ether oxygens (including phenoxy) is 1. The minimum atomic E-state index is -4.76. The van der Waals surface area contributed by atoms with Crippen LogP contribution >= 0.6 is 0 Å². The molecule has 0 radical (unpaired) electrons. The van der Waals surface area contributed by atoms with Gasteiger partial charge in [0.2, 0.25) is 0 Å². The molecule has 0 aliphatic rings. The van der Waals surface area contributed by atoms with E-state index in [1.807, 2.05) is 0 Å². The summed E-state index contributed by atoms with van der Waals surface area (Å²) in [7, 11) is 0. The Morgan fingerprint density at radius 2 is 2.00 bits per heavy atom. The molecule has 0 saturated heterocycles. The highest BCUT2D eigenvalue weighted by Crippen LogP contribution is 2.27. The molecule has 1 atom stereocenters. The van der Waals surface area contributed by atoms with Crippen LogP contribution in [0, 0.1) is 0 Å². The van der Waals surface area contributed by atoms with Gasteiger partial charge in [-0.05, 0) is 24.5 Å². The number of hydrogen-bond donors (Lipinski definition) is 2. The number of alkyl halides is 3. The second-order valence-corrected chi connectivity index (χ2v) is 4.05. The summed E-state index contributed by atoms with van der Waals surface area (Å²) in [5.74, 6) is -1.30. The normalized spacial score (nSPS) is 13.1. The van der Waals surface area contributed by atoms with Gasteiger partial charge in [0.25, 0.3) is 0 Å². The number of halogens is 3. The molecule has 0 fully saturated rings. The molecule has 0 bridgehead atoms. The molecule has 4 nitrogen and oxygen atoms in total. The van der Waals surface area contributed by atoms with Crippen LogP contribution in [0.5, 0.6) is 5.75 Å². The van der Waals surface area contributed by atoms with E-state index in [4.69, 9.17) is 10.8 Å². The third-order valence-electron chi connectivity index (χ3n) is 2.41. The number of nitrogens with two attached hydrogens (primary N) is 1. The summed E-state index contributed by atoms with van der Waals surface area (Å²) in [6, 6.07) is 5.14. The highest BCUT2D eigenvalue weighted by Gasteiger charge is 2.32. The maximum absolute atomic E-state index is 12.2. The van der Waals surface area contributed by atoms with Crippen molar-refractivity contribution >= 4 is 5.97 Å². The minimum absolute atomic E-state index is 0.122. The van der Waals surface area contributed by atoms with Crippen molar-refractivity contribution in [2.24, 2.45) is 5.73 Å². The minimum Gasteiger partial charge on any atom is -0.481 e. The summed E-state index contributed by atoms with van der Waals surface area (Å²) in [5, 5.41) is 8.51. The zero-order chi connectivity index (χ0) is 14.5. The van der Waals surface area contributed by atoms with Crippen molar-refractivity contribution in [1.82, 2.24) is 0 Å². The number of carbonyl (C=O) groups is 1. The van der Waals surface area contributed by atoms with E-state index in [-0.39, 0.29) is 25.0 Å². The maximum Gasteiger partial charge on any atom is 0.573 e. The van der Waals surface area contributed by atoms with E-state index in [0.29, 0.717) is 5.56 Å². The standard InChI is InChI=1S/C12H14F3NO3/c13-12(14,15)19-10-4-2-1-3-8(10)7-9(16)5-6-11(17)18/h1-4,9H,5-7,16H2,(H,17,18). The Labute approximate surface area is 108 Å². The molecule has 0 aliphatic carbocycles. The van der Waals surface area contributed by atoms with Crippen LogP contribution in [0.1, 0.15) is 18.4 Å². The summed E-state index contributed by atoms with van der Waals surface area (Å²) < 4.78 is 40.4.